The summed E-state index contributed by atoms with van der Waals surface area (Å²) in [6.45, 7) is 0.865. The SMILES string of the molecule is NCc1cc(Cl)c(OCc2cccc(-c3cccc(CCC(=O)N4CCC(O)(C(=O)O)CC4)c3)c2Cl)cc1OCc1ccc(N=O)c(N)c1. The minimum Gasteiger partial charge on any atom is -0.488 e. The lowest BCUT2D eigenvalue weighted by Crippen LogP contribution is -2.50. The summed E-state index contributed by atoms with van der Waals surface area (Å²) in [5.41, 5.74) is 15.2. The average molecular weight is 708 g/mol. The molecule has 0 aromatic heterocycles. The quantitative estimate of drug-likeness (QED) is 0.0877. The van der Waals surface area contributed by atoms with Crippen LogP contribution < -0.4 is 20.9 Å². The van der Waals surface area contributed by atoms with Gasteiger partial charge in [-0.05, 0) is 46.5 Å². The molecule has 1 amide bonds. The van der Waals surface area contributed by atoms with Gasteiger partial charge in [-0.2, -0.15) is 0 Å². The molecule has 0 radical (unpaired) electrons. The van der Waals surface area contributed by atoms with Crippen LogP contribution in [0, 0.1) is 4.91 Å². The minimum atomic E-state index is -1.77. The molecule has 1 aliphatic rings. The van der Waals surface area contributed by atoms with Crippen molar-refractivity contribution in [3.63, 3.8) is 0 Å². The van der Waals surface area contributed by atoms with Crippen molar-refractivity contribution >= 4 is 46.5 Å². The van der Waals surface area contributed by atoms with E-state index >= 15 is 0 Å². The number of aryl methyl sites for hydroxylation is 1. The standard InChI is InChI=1S/C36H36Cl2N4O7/c37-28-17-26(19-39)31(48-20-23-7-9-30(41-47)29(40)16-23)18-32(28)49-21-25-5-2-6-27(34(25)38)24-4-1-3-22(15-24)8-10-33(43)42-13-11-36(46,12-14-42)35(44)45/h1-7,9,15-18,46H,8,10-14,19-21,39-40H2,(H,44,45). The van der Waals surface area contributed by atoms with Gasteiger partial charge in [-0.25, -0.2) is 4.79 Å². The second-order valence-electron chi connectivity index (χ2n) is 11.9. The molecule has 256 valence electrons. The van der Waals surface area contributed by atoms with Gasteiger partial charge < -0.3 is 36.1 Å². The lowest BCUT2D eigenvalue weighted by atomic mass is 9.91. The van der Waals surface area contributed by atoms with E-state index in [4.69, 9.17) is 44.1 Å². The Morgan fingerprint density at radius 3 is 2.33 bits per heavy atom. The molecule has 1 aliphatic heterocycles. The van der Waals surface area contributed by atoms with E-state index in [2.05, 4.69) is 5.18 Å². The van der Waals surface area contributed by atoms with Gasteiger partial charge >= 0.3 is 5.97 Å². The number of amides is 1. The number of ether oxygens (including phenoxy) is 2. The maximum absolute atomic E-state index is 12.8. The Morgan fingerprint density at radius 2 is 1.63 bits per heavy atom. The van der Waals surface area contributed by atoms with Crippen molar-refractivity contribution in [3.8, 4) is 22.6 Å². The molecule has 0 saturated carbocycles. The van der Waals surface area contributed by atoms with Crippen LogP contribution in [0.2, 0.25) is 10.0 Å². The van der Waals surface area contributed by atoms with Crippen molar-refractivity contribution < 1.29 is 29.3 Å². The number of hydrogen-bond donors (Lipinski definition) is 4. The first kappa shape index (κ1) is 35.6. The molecule has 1 heterocycles. The smallest absolute Gasteiger partial charge is 0.335 e. The van der Waals surface area contributed by atoms with Crippen molar-refractivity contribution in [3.05, 3.63) is 110 Å². The number of benzene rings is 4. The molecule has 1 saturated heterocycles. The van der Waals surface area contributed by atoms with Crippen LogP contribution >= 0.6 is 23.2 Å². The van der Waals surface area contributed by atoms with Crippen LogP contribution in [0.4, 0.5) is 11.4 Å². The van der Waals surface area contributed by atoms with Crippen molar-refractivity contribution in [2.24, 2.45) is 10.9 Å². The number of aliphatic hydroxyl groups is 1. The topological polar surface area (TPSA) is 178 Å². The van der Waals surface area contributed by atoms with Crippen LogP contribution in [0.3, 0.4) is 0 Å². The molecule has 4 aromatic carbocycles. The number of rotatable bonds is 13. The molecule has 11 nitrogen and oxygen atoms in total. The number of carboxylic acids is 1. The predicted molar refractivity (Wildman–Crippen MR) is 188 cm³/mol. The molecule has 1 fully saturated rings. The number of carbonyl (C=O) groups is 2. The molecular formula is C36H36Cl2N4O7. The molecular weight excluding hydrogens is 671 g/mol. The van der Waals surface area contributed by atoms with Gasteiger partial charge in [-0.15, -0.1) is 4.91 Å². The van der Waals surface area contributed by atoms with Crippen LogP contribution in [0.1, 0.15) is 41.5 Å². The fourth-order valence-corrected chi connectivity index (χ4v) is 6.16. The Labute approximate surface area is 293 Å². The van der Waals surface area contributed by atoms with E-state index in [0.29, 0.717) is 33.5 Å². The van der Waals surface area contributed by atoms with Gasteiger partial charge in [-0.3, -0.25) is 4.79 Å². The number of carbonyl (C=O) groups excluding carboxylic acids is 1. The third-order valence-corrected chi connectivity index (χ3v) is 9.33. The Hall–Kier alpha value is -4.68. The van der Waals surface area contributed by atoms with E-state index < -0.39 is 11.6 Å². The number of aliphatic carboxylic acids is 1. The molecule has 0 atom stereocenters. The number of nitroso groups, excluding NO2 is 1. The second-order valence-corrected chi connectivity index (χ2v) is 12.6. The predicted octanol–water partition coefficient (Wildman–Crippen LogP) is 6.63. The zero-order chi connectivity index (χ0) is 35.1. The molecule has 49 heavy (non-hydrogen) atoms. The third-order valence-electron chi connectivity index (χ3n) is 8.59. The highest BCUT2D eigenvalue weighted by Crippen LogP contribution is 2.36. The Morgan fingerprint density at radius 1 is 0.898 bits per heavy atom. The van der Waals surface area contributed by atoms with E-state index in [1.54, 1.807) is 29.2 Å². The van der Waals surface area contributed by atoms with E-state index in [1.807, 2.05) is 42.5 Å². The van der Waals surface area contributed by atoms with Gasteiger partial charge in [0.1, 0.15) is 30.4 Å². The average Bonchev–Trinajstić information content (AvgIpc) is 3.10. The van der Waals surface area contributed by atoms with Crippen molar-refractivity contribution in [2.75, 3.05) is 18.8 Å². The van der Waals surface area contributed by atoms with Gasteiger partial charge in [0.15, 0.2) is 5.60 Å². The summed E-state index contributed by atoms with van der Waals surface area (Å²) in [5.74, 6) is -0.480. The molecule has 0 aliphatic carbocycles. The van der Waals surface area contributed by atoms with Gasteiger partial charge in [0.2, 0.25) is 5.91 Å². The highest BCUT2D eigenvalue weighted by Gasteiger charge is 2.40. The van der Waals surface area contributed by atoms with Gasteiger partial charge in [0.25, 0.3) is 0 Å². The Balaban J connectivity index is 1.23. The first-order valence-corrected chi connectivity index (χ1v) is 16.4. The number of halogens is 2. The van der Waals surface area contributed by atoms with E-state index in [-0.39, 0.29) is 69.4 Å². The van der Waals surface area contributed by atoms with Gasteiger partial charge in [0.05, 0.1) is 15.7 Å². The Bertz CT molecular complexity index is 1860. The molecule has 6 N–H and O–H groups in total. The summed E-state index contributed by atoms with van der Waals surface area (Å²) in [6.07, 6.45) is 0.762. The van der Waals surface area contributed by atoms with Gasteiger partial charge in [-0.1, -0.05) is 71.7 Å². The summed E-state index contributed by atoms with van der Waals surface area (Å²) in [5, 5.41) is 23.1. The number of nitrogen functional groups attached to an aromatic ring is 1. The summed E-state index contributed by atoms with van der Waals surface area (Å²) in [6, 6.07) is 21.7. The first-order chi connectivity index (χ1) is 23.5. The van der Waals surface area contributed by atoms with Crippen LogP contribution in [0.15, 0.2) is 78.0 Å². The van der Waals surface area contributed by atoms with Crippen molar-refractivity contribution in [1.29, 1.82) is 0 Å². The minimum absolute atomic E-state index is 0.00952. The maximum atomic E-state index is 12.8. The Kier molecular flexibility index (Phi) is 11.4. The van der Waals surface area contributed by atoms with Crippen LogP contribution in [-0.4, -0.2) is 45.7 Å². The number of carboxylic acid groups (broad SMARTS) is 1. The number of nitrogens with zero attached hydrogens (tertiary/aromatic N) is 2. The van der Waals surface area contributed by atoms with Crippen molar-refractivity contribution in [1.82, 2.24) is 4.90 Å². The molecule has 0 unspecified atom stereocenters. The van der Waals surface area contributed by atoms with Crippen LogP contribution in [-0.2, 0) is 35.8 Å². The third kappa shape index (κ3) is 8.49. The lowest BCUT2D eigenvalue weighted by molar-refractivity contribution is -0.165. The molecule has 0 bridgehead atoms. The molecule has 13 heteroatoms. The lowest BCUT2D eigenvalue weighted by Gasteiger charge is -2.35. The highest BCUT2D eigenvalue weighted by molar-refractivity contribution is 6.34. The number of anilines is 1. The summed E-state index contributed by atoms with van der Waals surface area (Å²) >= 11 is 13.4. The number of hydrogen-bond acceptors (Lipinski definition) is 9. The van der Waals surface area contributed by atoms with Crippen LogP contribution in [0.5, 0.6) is 11.5 Å². The van der Waals surface area contributed by atoms with Gasteiger partial charge in [0, 0.05) is 61.7 Å². The highest BCUT2D eigenvalue weighted by atomic mass is 35.5. The van der Waals surface area contributed by atoms with Crippen molar-refractivity contribution in [2.45, 2.75) is 51.0 Å². The number of likely N-dealkylation sites (tertiary alicyclic amines) is 1. The van der Waals surface area contributed by atoms with E-state index in [1.165, 1.54) is 6.07 Å². The number of nitrogens with two attached hydrogens (primary N) is 2. The van der Waals surface area contributed by atoms with E-state index in [9.17, 15) is 24.7 Å². The summed E-state index contributed by atoms with van der Waals surface area (Å²) in [4.78, 5) is 36.6. The number of piperidine rings is 1. The molecule has 0 spiro atoms. The van der Waals surface area contributed by atoms with Crippen LogP contribution in [0.25, 0.3) is 11.1 Å². The summed E-state index contributed by atoms with van der Waals surface area (Å²) < 4.78 is 12.1. The fraction of sp³-hybridized carbons (Fsp3) is 0.278. The monoisotopic (exact) mass is 706 g/mol. The fourth-order valence-electron chi connectivity index (χ4n) is 5.63. The normalized spacial score (nSPS) is 13.9. The van der Waals surface area contributed by atoms with E-state index in [0.717, 1.165) is 27.8 Å². The first-order valence-electron chi connectivity index (χ1n) is 15.6. The second kappa shape index (κ2) is 15.7. The maximum Gasteiger partial charge on any atom is 0.335 e. The summed E-state index contributed by atoms with van der Waals surface area (Å²) in [7, 11) is 0. The largest absolute Gasteiger partial charge is 0.488 e. The zero-order valence-corrected chi connectivity index (χ0v) is 28.0. The molecule has 4 aromatic rings. The zero-order valence-electron chi connectivity index (χ0n) is 26.5. The molecule has 5 rings (SSSR count).